The van der Waals surface area contributed by atoms with Crippen molar-refractivity contribution in [3.8, 4) is 0 Å². The van der Waals surface area contributed by atoms with E-state index < -0.39 is 18.0 Å². The molecule has 0 aliphatic heterocycles. The Labute approximate surface area is 196 Å². The van der Waals surface area contributed by atoms with Gasteiger partial charge >= 0.3 is 5.97 Å². The number of nitrogens with two attached hydrogens (primary N) is 1. The number of aliphatic carboxylic acids is 1. The van der Waals surface area contributed by atoms with Gasteiger partial charge in [0.2, 0.25) is 0 Å². The molecule has 0 aliphatic rings. The van der Waals surface area contributed by atoms with Crippen molar-refractivity contribution in [3.63, 3.8) is 0 Å². The molecule has 4 heteroatoms. The molecule has 1 rings (SSSR count). The highest BCUT2D eigenvalue weighted by atomic mass is 16.4. The monoisotopic (exact) mass is 445 g/mol. The second kappa shape index (κ2) is 17.9. The van der Waals surface area contributed by atoms with Gasteiger partial charge in [-0.25, -0.2) is 0 Å². The maximum absolute atomic E-state index is 12.0. The fourth-order valence-corrected chi connectivity index (χ4v) is 4.81. The first-order valence-electron chi connectivity index (χ1n) is 12.8. The number of benzene rings is 1. The molecule has 0 fully saturated rings. The zero-order chi connectivity index (χ0) is 23.6. The van der Waals surface area contributed by atoms with Crippen LogP contribution in [0.25, 0.3) is 0 Å². The van der Waals surface area contributed by atoms with Crippen molar-refractivity contribution in [2.75, 3.05) is 6.54 Å². The highest BCUT2D eigenvalue weighted by Gasteiger charge is 2.36. The van der Waals surface area contributed by atoms with Crippen LogP contribution >= 0.6 is 0 Å². The van der Waals surface area contributed by atoms with Gasteiger partial charge in [-0.15, -0.1) is 0 Å². The zero-order valence-electron chi connectivity index (χ0n) is 20.4. The third-order valence-electron chi connectivity index (χ3n) is 6.60. The number of hydrogen-bond donors (Lipinski definition) is 3. The Kier molecular flexibility index (Phi) is 15.8. The Morgan fingerprint density at radius 2 is 1.62 bits per heavy atom. The van der Waals surface area contributed by atoms with Crippen LogP contribution in [0.4, 0.5) is 0 Å². The number of carboxylic acids is 1. The minimum Gasteiger partial charge on any atom is -0.481 e. The molecular formula is C28H47NO3. The largest absolute Gasteiger partial charge is 0.481 e. The number of aliphatic hydroxyl groups excluding tert-OH is 1. The molecule has 0 aromatic heterocycles. The molecule has 4 atom stereocenters. The van der Waals surface area contributed by atoms with E-state index in [-0.39, 0.29) is 11.8 Å². The van der Waals surface area contributed by atoms with E-state index in [0.717, 1.165) is 44.9 Å². The van der Waals surface area contributed by atoms with Gasteiger partial charge in [-0.3, -0.25) is 4.79 Å². The van der Waals surface area contributed by atoms with Crippen LogP contribution < -0.4 is 5.73 Å². The fraction of sp³-hybridized carbons (Fsp3) is 0.679. The van der Waals surface area contributed by atoms with E-state index in [4.69, 9.17) is 5.73 Å². The minimum atomic E-state index is -0.897. The van der Waals surface area contributed by atoms with E-state index in [1.807, 2.05) is 18.2 Å². The summed E-state index contributed by atoms with van der Waals surface area (Å²) in [5, 5.41) is 20.2. The predicted molar refractivity (Wildman–Crippen MR) is 135 cm³/mol. The van der Waals surface area contributed by atoms with Crippen LogP contribution in [0.15, 0.2) is 42.5 Å². The summed E-state index contributed by atoms with van der Waals surface area (Å²) >= 11 is 0. The van der Waals surface area contributed by atoms with Crippen LogP contribution in [-0.4, -0.2) is 28.8 Å². The lowest BCUT2D eigenvalue weighted by atomic mass is 9.72. The molecule has 0 unspecified atom stereocenters. The van der Waals surface area contributed by atoms with Crippen LogP contribution in [0.5, 0.6) is 0 Å². The van der Waals surface area contributed by atoms with Crippen molar-refractivity contribution in [3.05, 3.63) is 48.0 Å². The lowest BCUT2D eigenvalue weighted by molar-refractivity contribution is -0.149. The average molecular weight is 446 g/mol. The topological polar surface area (TPSA) is 83.6 Å². The number of rotatable bonds is 19. The lowest BCUT2D eigenvalue weighted by Gasteiger charge is -2.33. The molecule has 0 radical (unpaired) electrons. The van der Waals surface area contributed by atoms with Crippen LogP contribution in [0.3, 0.4) is 0 Å². The molecule has 4 N–H and O–H groups in total. The van der Waals surface area contributed by atoms with Gasteiger partial charge in [0, 0.05) is 0 Å². The third kappa shape index (κ3) is 11.8. The maximum Gasteiger partial charge on any atom is 0.309 e. The number of aliphatic hydroxyl groups is 1. The van der Waals surface area contributed by atoms with Crippen molar-refractivity contribution < 1.29 is 15.0 Å². The molecule has 1 aromatic rings. The van der Waals surface area contributed by atoms with Crippen molar-refractivity contribution in [1.29, 1.82) is 0 Å². The Bertz CT molecular complexity index is 614. The van der Waals surface area contributed by atoms with Gasteiger partial charge < -0.3 is 15.9 Å². The molecule has 0 amide bonds. The summed E-state index contributed by atoms with van der Waals surface area (Å²) in [6.07, 6.45) is 16.7. The zero-order valence-corrected chi connectivity index (χ0v) is 20.4. The number of allylic oxidation sites excluding steroid dienone is 2. The molecule has 4 nitrogen and oxygen atoms in total. The highest BCUT2D eigenvalue weighted by molar-refractivity contribution is 5.71. The molecular weight excluding hydrogens is 398 g/mol. The van der Waals surface area contributed by atoms with Crippen molar-refractivity contribution in [2.45, 2.75) is 97.0 Å². The molecule has 0 bridgehead atoms. The van der Waals surface area contributed by atoms with Gasteiger partial charge in [-0.1, -0.05) is 81.5 Å². The van der Waals surface area contributed by atoms with Gasteiger partial charge in [0.05, 0.1) is 12.0 Å². The standard InChI is InChI=1S/C28H47NO3/c1-3-4-5-6-7-8-9-10-11-15-18-25(21-22-29)26(27(23(2)30)28(31)32)20-19-24-16-13-12-14-17-24/h8-9,12-14,16-17,23,25-27,30H,3-7,10-11,15,18-22,29H2,1-2H3,(H,31,32)/b9-8-/t23-,25+,26-,27+/m0/s1. The molecule has 0 heterocycles. The van der Waals surface area contributed by atoms with Crippen LogP contribution in [0.1, 0.15) is 90.0 Å². The Morgan fingerprint density at radius 3 is 2.19 bits per heavy atom. The Morgan fingerprint density at radius 1 is 0.969 bits per heavy atom. The Balaban J connectivity index is 2.66. The fourth-order valence-electron chi connectivity index (χ4n) is 4.81. The van der Waals surface area contributed by atoms with Crippen molar-refractivity contribution in [2.24, 2.45) is 23.5 Å². The maximum atomic E-state index is 12.0. The number of aryl methyl sites for hydroxylation is 1. The normalized spacial score (nSPS) is 15.5. The first-order chi connectivity index (χ1) is 15.5. The number of carbonyl (C=O) groups is 1. The number of hydrogen-bond acceptors (Lipinski definition) is 3. The van der Waals surface area contributed by atoms with E-state index >= 15 is 0 Å². The van der Waals surface area contributed by atoms with Gasteiger partial charge in [-0.05, 0) is 75.8 Å². The van der Waals surface area contributed by atoms with E-state index in [2.05, 4.69) is 31.2 Å². The SMILES string of the molecule is CCCCCC/C=C\CCCC[C@H](CCN)[C@H](CCc1ccccc1)[C@H](C(=O)O)[C@H](C)O. The van der Waals surface area contributed by atoms with Crippen LogP contribution in [0.2, 0.25) is 0 Å². The van der Waals surface area contributed by atoms with E-state index in [9.17, 15) is 15.0 Å². The third-order valence-corrected chi connectivity index (χ3v) is 6.60. The Hall–Kier alpha value is -1.65. The van der Waals surface area contributed by atoms with Crippen LogP contribution in [-0.2, 0) is 11.2 Å². The molecule has 0 spiro atoms. The van der Waals surface area contributed by atoms with Gasteiger partial charge in [-0.2, -0.15) is 0 Å². The molecule has 0 aliphatic carbocycles. The average Bonchev–Trinajstić information content (AvgIpc) is 2.77. The summed E-state index contributed by atoms with van der Waals surface area (Å²) in [5.74, 6) is -1.51. The summed E-state index contributed by atoms with van der Waals surface area (Å²) < 4.78 is 0. The first kappa shape index (κ1) is 28.4. The summed E-state index contributed by atoms with van der Waals surface area (Å²) in [6.45, 7) is 4.40. The minimum absolute atomic E-state index is 0.0784. The van der Waals surface area contributed by atoms with E-state index in [1.165, 1.54) is 37.7 Å². The number of carboxylic acid groups (broad SMARTS) is 1. The second-order valence-electron chi connectivity index (χ2n) is 9.24. The summed E-state index contributed by atoms with van der Waals surface area (Å²) in [6, 6.07) is 10.2. The van der Waals surface area contributed by atoms with Gasteiger partial charge in [0.15, 0.2) is 0 Å². The molecule has 1 aromatic carbocycles. The molecule has 182 valence electrons. The van der Waals surface area contributed by atoms with E-state index in [0.29, 0.717) is 6.54 Å². The van der Waals surface area contributed by atoms with Crippen molar-refractivity contribution in [1.82, 2.24) is 0 Å². The predicted octanol–water partition coefficient (Wildman–Crippen LogP) is 6.37. The smallest absolute Gasteiger partial charge is 0.309 e. The van der Waals surface area contributed by atoms with Gasteiger partial charge in [0.25, 0.3) is 0 Å². The first-order valence-corrected chi connectivity index (χ1v) is 12.8. The molecule has 0 saturated carbocycles. The quantitative estimate of drug-likeness (QED) is 0.171. The summed E-state index contributed by atoms with van der Waals surface area (Å²) in [4.78, 5) is 12.0. The van der Waals surface area contributed by atoms with Crippen molar-refractivity contribution >= 4 is 5.97 Å². The lowest BCUT2D eigenvalue weighted by Crippen LogP contribution is -2.38. The van der Waals surface area contributed by atoms with Gasteiger partial charge in [0.1, 0.15) is 0 Å². The summed E-state index contributed by atoms with van der Waals surface area (Å²) in [5.41, 5.74) is 7.14. The highest BCUT2D eigenvalue weighted by Crippen LogP contribution is 2.34. The second-order valence-corrected chi connectivity index (χ2v) is 9.24. The number of unbranched alkanes of at least 4 members (excludes halogenated alkanes) is 6. The molecule has 0 saturated heterocycles. The summed E-state index contributed by atoms with van der Waals surface area (Å²) in [7, 11) is 0. The molecule has 32 heavy (non-hydrogen) atoms. The van der Waals surface area contributed by atoms with E-state index in [1.54, 1.807) is 6.92 Å². The van der Waals surface area contributed by atoms with Crippen LogP contribution in [0, 0.1) is 17.8 Å².